The molecule has 192 valence electrons. The zero-order valence-corrected chi connectivity index (χ0v) is 21.4. The Bertz CT molecular complexity index is 1320. The van der Waals surface area contributed by atoms with Gasteiger partial charge in [-0.15, -0.1) is 0 Å². The third-order valence-electron chi connectivity index (χ3n) is 6.43. The number of hydrogen-bond acceptors (Lipinski definition) is 4. The number of carbonyl (C=O) groups is 2. The molecule has 0 atom stereocenters. The van der Waals surface area contributed by atoms with Crippen LogP contribution in [0.15, 0.2) is 85.1 Å². The molecule has 3 aromatic carbocycles. The highest BCUT2D eigenvalue weighted by Crippen LogP contribution is 2.22. The van der Waals surface area contributed by atoms with E-state index in [1.165, 1.54) is 0 Å². The van der Waals surface area contributed by atoms with Crippen molar-refractivity contribution in [1.82, 2.24) is 14.8 Å². The van der Waals surface area contributed by atoms with E-state index >= 15 is 0 Å². The van der Waals surface area contributed by atoms with Gasteiger partial charge < -0.3 is 24.3 Å². The lowest BCUT2D eigenvalue weighted by Crippen LogP contribution is -2.44. The molecule has 7 nitrogen and oxygen atoms in total. The smallest absolute Gasteiger partial charge is 0.254 e. The Kier molecular flexibility index (Phi) is 8.94. The van der Waals surface area contributed by atoms with Gasteiger partial charge in [0.25, 0.3) is 5.91 Å². The first-order valence-corrected chi connectivity index (χ1v) is 12.4. The summed E-state index contributed by atoms with van der Waals surface area (Å²) in [5.41, 5.74) is 3.67. The van der Waals surface area contributed by atoms with Crippen molar-refractivity contribution in [2.45, 2.75) is 13.0 Å². The van der Waals surface area contributed by atoms with Gasteiger partial charge in [-0.3, -0.25) is 9.59 Å². The molecule has 4 rings (SSSR count). The molecule has 0 saturated heterocycles. The van der Waals surface area contributed by atoms with Crippen LogP contribution in [0.5, 0.6) is 5.75 Å². The molecule has 0 aliphatic heterocycles. The number of hydrogen-bond donors (Lipinski definition) is 1. The Labute approximate surface area is 217 Å². The molecule has 0 bridgehead atoms. The molecule has 1 N–H and O–H groups in total. The van der Waals surface area contributed by atoms with Gasteiger partial charge in [0.15, 0.2) is 0 Å². The van der Waals surface area contributed by atoms with Crippen molar-refractivity contribution in [1.29, 1.82) is 0 Å². The van der Waals surface area contributed by atoms with Gasteiger partial charge in [-0.2, -0.15) is 0 Å². The van der Waals surface area contributed by atoms with Gasteiger partial charge in [0.1, 0.15) is 12.3 Å². The maximum Gasteiger partial charge on any atom is 0.254 e. The topological polar surface area (TPSA) is 74.9 Å². The van der Waals surface area contributed by atoms with Gasteiger partial charge in [0.05, 0.1) is 13.7 Å². The Morgan fingerprint density at radius 2 is 1.54 bits per heavy atom. The number of rotatable bonds is 12. The summed E-state index contributed by atoms with van der Waals surface area (Å²) in [5, 5.41) is 1.15. The van der Waals surface area contributed by atoms with Gasteiger partial charge in [-0.05, 0) is 36.2 Å². The average Bonchev–Trinajstić information content (AvgIpc) is 3.36. The van der Waals surface area contributed by atoms with Crippen molar-refractivity contribution in [2.24, 2.45) is 0 Å². The normalized spacial score (nSPS) is 10.9. The van der Waals surface area contributed by atoms with Gasteiger partial charge in [0, 0.05) is 55.0 Å². The quantitative estimate of drug-likeness (QED) is 0.311. The number of nitrogens with one attached hydrogen (secondary N) is 1. The lowest BCUT2D eigenvalue weighted by molar-refractivity contribution is -0.132. The Morgan fingerprint density at radius 1 is 0.811 bits per heavy atom. The Morgan fingerprint density at radius 3 is 2.32 bits per heavy atom. The molecule has 0 radical (unpaired) electrons. The SMILES string of the molecule is COCCN(CC(=O)N(CCc1c[nH]c2ccccc12)Cc1ccccc1OC)C(=O)c1ccccc1. The highest BCUT2D eigenvalue weighted by atomic mass is 16.5. The van der Waals surface area contributed by atoms with Gasteiger partial charge in [0.2, 0.25) is 5.91 Å². The van der Waals surface area contributed by atoms with Crippen LogP contribution in [0, 0.1) is 0 Å². The summed E-state index contributed by atoms with van der Waals surface area (Å²) in [6.07, 6.45) is 2.68. The minimum absolute atomic E-state index is 0.0415. The fraction of sp³-hybridized carbons (Fsp3) is 0.267. The minimum atomic E-state index is -0.195. The summed E-state index contributed by atoms with van der Waals surface area (Å²) in [4.78, 5) is 33.6. The number of carbonyl (C=O) groups excluding carboxylic acids is 2. The molecule has 7 heteroatoms. The van der Waals surface area contributed by atoms with Crippen LogP contribution < -0.4 is 4.74 Å². The number of aromatic amines is 1. The molecule has 0 spiro atoms. The van der Waals surface area contributed by atoms with E-state index in [0.29, 0.717) is 38.2 Å². The molecule has 0 aliphatic rings. The van der Waals surface area contributed by atoms with E-state index in [1.807, 2.05) is 66.9 Å². The zero-order valence-electron chi connectivity index (χ0n) is 21.4. The molecular formula is C30H33N3O4. The number of nitrogens with zero attached hydrogens (tertiary/aromatic N) is 2. The van der Waals surface area contributed by atoms with Crippen LogP contribution in [0.3, 0.4) is 0 Å². The predicted molar refractivity (Wildman–Crippen MR) is 145 cm³/mol. The number of H-pyrrole nitrogens is 1. The highest BCUT2D eigenvalue weighted by Gasteiger charge is 2.23. The molecule has 2 amide bonds. The van der Waals surface area contributed by atoms with Crippen molar-refractivity contribution < 1.29 is 19.1 Å². The van der Waals surface area contributed by atoms with E-state index in [4.69, 9.17) is 9.47 Å². The number of amides is 2. The van der Waals surface area contributed by atoms with Gasteiger partial charge in [-0.1, -0.05) is 54.6 Å². The first kappa shape index (κ1) is 26.0. The number of benzene rings is 3. The Balaban J connectivity index is 1.56. The second-order valence-corrected chi connectivity index (χ2v) is 8.82. The molecule has 0 unspecified atom stereocenters. The zero-order chi connectivity index (χ0) is 26.0. The van der Waals surface area contributed by atoms with Crippen LogP contribution in [0.25, 0.3) is 10.9 Å². The standard InChI is InChI=1S/C30H33N3O4/c1-36-19-18-33(30(35)23-10-4-3-5-11-23)22-29(34)32(21-25-12-6-9-15-28(25)37-2)17-16-24-20-31-27-14-8-7-13-26(24)27/h3-15,20,31H,16-19,21-22H2,1-2H3. The fourth-order valence-electron chi connectivity index (χ4n) is 4.41. The first-order chi connectivity index (χ1) is 18.1. The maximum absolute atomic E-state index is 13.7. The molecule has 1 aromatic heterocycles. The number of aromatic nitrogens is 1. The monoisotopic (exact) mass is 499 g/mol. The summed E-state index contributed by atoms with van der Waals surface area (Å²) in [6.45, 7) is 1.49. The van der Waals surface area contributed by atoms with Gasteiger partial charge in [-0.25, -0.2) is 0 Å². The van der Waals surface area contributed by atoms with Crippen molar-refractivity contribution in [3.05, 3.63) is 102 Å². The number of ether oxygens (including phenoxy) is 2. The lowest BCUT2D eigenvalue weighted by atomic mass is 10.1. The number of para-hydroxylation sites is 2. The van der Waals surface area contributed by atoms with E-state index in [1.54, 1.807) is 36.2 Å². The molecule has 4 aromatic rings. The number of fused-ring (bicyclic) bond motifs is 1. The third-order valence-corrected chi connectivity index (χ3v) is 6.43. The van der Waals surface area contributed by atoms with Crippen molar-refractivity contribution in [3.63, 3.8) is 0 Å². The third kappa shape index (κ3) is 6.57. The van der Waals surface area contributed by atoms with Crippen molar-refractivity contribution in [2.75, 3.05) is 40.5 Å². The maximum atomic E-state index is 13.7. The minimum Gasteiger partial charge on any atom is -0.496 e. The van der Waals surface area contributed by atoms with Crippen LogP contribution in [-0.2, 0) is 22.5 Å². The molecule has 0 aliphatic carbocycles. The molecule has 0 fully saturated rings. The van der Waals surface area contributed by atoms with E-state index in [9.17, 15) is 9.59 Å². The van der Waals surface area contributed by atoms with Crippen molar-refractivity contribution >= 4 is 22.7 Å². The van der Waals surface area contributed by atoms with E-state index < -0.39 is 0 Å². The van der Waals surface area contributed by atoms with E-state index in [2.05, 4.69) is 11.1 Å². The van der Waals surface area contributed by atoms with Crippen LogP contribution in [-0.4, -0.2) is 67.1 Å². The first-order valence-electron chi connectivity index (χ1n) is 12.4. The largest absolute Gasteiger partial charge is 0.496 e. The molecule has 37 heavy (non-hydrogen) atoms. The van der Waals surface area contributed by atoms with Crippen LogP contribution in [0.2, 0.25) is 0 Å². The predicted octanol–water partition coefficient (Wildman–Crippen LogP) is 4.54. The molecular weight excluding hydrogens is 466 g/mol. The molecule has 1 heterocycles. The van der Waals surface area contributed by atoms with Crippen LogP contribution >= 0.6 is 0 Å². The summed E-state index contributed by atoms with van der Waals surface area (Å²) >= 11 is 0. The van der Waals surface area contributed by atoms with Crippen LogP contribution in [0.4, 0.5) is 0 Å². The fourth-order valence-corrected chi connectivity index (χ4v) is 4.41. The van der Waals surface area contributed by atoms with Gasteiger partial charge >= 0.3 is 0 Å². The average molecular weight is 500 g/mol. The van der Waals surface area contributed by atoms with E-state index in [0.717, 1.165) is 27.8 Å². The Hall–Kier alpha value is -4.10. The second-order valence-electron chi connectivity index (χ2n) is 8.82. The molecule has 0 saturated carbocycles. The summed E-state index contributed by atoms with van der Waals surface area (Å²) in [7, 11) is 3.21. The summed E-state index contributed by atoms with van der Waals surface area (Å²) in [6, 6.07) is 24.8. The van der Waals surface area contributed by atoms with Crippen LogP contribution in [0.1, 0.15) is 21.5 Å². The number of methoxy groups -OCH3 is 2. The second kappa shape index (κ2) is 12.7. The highest BCUT2D eigenvalue weighted by molar-refractivity contribution is 5.96. The van der Waals surface area contributed by atoms with E-state index in [-0.39, 0.29) is 18.4 Å². The van der Waals surface area contributed by atoms with Crippen molar-refractivity contribution in [3.8, 4) is 5.75 Å². The lowest BCUT2D eigenvalue weighted by Gasteiger charge is -2.28. The summed E-state index contributed by atoms with van der Waals surface area (Å²) in [5.74, 6) is 0.398. The summed E-state index contributed by atoms with van der Waals surface area (Å²) < 4.78 is 10.8.